The van der Waals surface area contributed by atoms with Gasteiger partial charge in [0.15, 0.2) is 0 Å². The number of nitrogens with one attached hydrogen (secondary N) is 1. The van der Waals surface area contributed by atoms with Crippen LogP contribution in [0.15, 0.2) is 24.5 Å². The SMILES string of the molecule is C.C.C[Si](C)(C)CCOCN1CCNc2c[c-]cnc21.O[CH-]CN1CCCc2nc[c-]cc21.[CH-]1CO1.[W].[W].[W].[W].[W].[W]. The monoisotopic (exact) mass is 1620 g/mol. The van der Waals surface area contributed by atoms with Crippen LogP contribution < -0.4 is 15.1 Å². The second kappa shape index (κ2) is 31.5. The van der Waals surface area contributed by atoms with Crippen molar-refractivity contribution in [2.45, 2.75) is 53.4 Å². The summed E-state index contributed by atoms with van der Waals surface area (Å²) in [6, 6.07) is 11.0. The summed E-state index contributed by atoms with van der Waals surface area (Å²) in [5.41, 5.74) is 3.28. The zero-order valence-electron chi connectivity index (χ0n) is 23.0. The quantitative estimate of drug-likeness (QED) is 0.173. The van der Waals surface area contributed by atoms with Gasteiger partial charge in [-0.05, 0) is 31.1 Å². The van der Waals surface area contributed by atoms with E-state index >= 15 is 0 Å². The van der Waals surface area contributed by atoms with E-state index in [1.165, 1.54) is 12.7 Å². The first-order chi connectivity index (χ1) is 16.5. The first kappa shape index (κ1) is 56.3. The Hall–Kier alpha value is 1.93. The van der Waals surface area contributed by atoms with Crippen LogP contribution in [0.3, 0.4) is 0 Å². The predicted molar refractivity (Wildman–Crippen MR) is 151 cm³/mol. The van der Waals surface area contributed by atoms with Gasteiger partial charge in [0.25, 0.3) is 0 Å². The fourth-order valence-corrected chi connectivity index (χ4v) is 4.30. The van der Waals surface area contributed by atoms with Crippen LogP contribution >= 0.6 is 0 Å². The third kappa shape index (κ3) is 22.5. The van der Waals surface area contributed by atoms with E-state index in [1.807, 2.05) is 12.1 Å². The molecule has 0 atom stereocenters. The number of aliphatic hydroxyl groups is 1. The number of anilines is 3. The van der Waals surface area contributed by atoms with Gasteiger partial charge in [0, 0.05) is 154 Å². The fraction of sp³-hybridized carbons (Fsp3) is 0.556. The number of hydrogen-bond acceptors (Lipinski definition) is 8. The topological polar surface area (TPSA) is 86.3 Å². The molecule has 0 aliphatic carbocycles. The molecule has 5 heterocycles. The Morgan fingerprint density at radius 3 is 2.24 bits per heavy atom. The summed E-state index contributed by atoms with van der Waals surface area (Å²) in [7, 11) is -0.992. The third-order valence-electron chi connectivity index (χ3n) is 5.43. The van der Waals surface area contributed by atoms with Crippen molar-refractivity contribution >= 4 is 25.3 Å². The third-order valence-corrected chi connectivity index (χ3v) is 7.14. The van der Waals surface area contributed by atoms with Gasteiger partial charge in [-0.3, -0.25) is 9.97 Å². The van der Waals surface area contributed by atoms with Gasteiger partial charge in [0.2, 0.25) is 0 Å². The second-order valence-corrected chi connectivity index (χ2v) is 15.1. The molecule has 1 saturated heterocycles. The van der Waals surface area contributed by atoms with Crippen LogP contribution in [-0.4, -0.2) is 69.3 Å². The minimum absolute atomic E-state index is 0. The van der Waals surface area contributed by atoms with Gasteiger partial charge in [0.1, 0.15) is 6.73 Å². The van der Waals surface area contributed by atoms with Gasteiger partial charge in [-0.1, -0.05) is 64.9 Å². The molecule has 0 bridgehead atoms. The van der Waals surface area contributed by atoms with E-state index in [9.17, 15) is 0 Å². The van der Waals surface area contributed by atoms with Crippen molar-refractivity contribution in [3.05, 3.63) is 55.6 Å². The average molecular weight is 1620 g/mol. The normalized spacial score (nSPS) is 13.0. The largest absolute Gasteiger partial charge is 0.574 e. The summed E-state index contributed by atoms with van der Waals surface area (Å²) >= 11 is 0. The van der Waals surface area contributed by atoms with E-state index in [1.54, 1.807) is 19.0 Å². The van der Waals surface area contributed by atoms with Crippen LogP contribution in [0, 0.1) is 25.3 Å². The van der Waals surface area contributed by atoms with E-state index < -0.39 is 8.07 Å². The van der Waals surface area contributed by atoms with Crippen LogP contribution in [0.5, 0.6) is 0 Å². The van der Waals surface area contributed by atoms with Crippen LogP contribution in [-0.2, 0) is 142 Å². The van der Waals surface area contributed by atoms with Crippen molar-refractivity contribution in [2.24, 2.45) is 0 Å². The number of ether oxygens (including phenoxy) is 2. The number of aryl methyl sites for hydroxylation is 1. The predicted octanol–water partition coefficient (Wildman–Crippen LogP) is 5.03. The number of rotatable bonds is 7. The zero-order valence-corrected chi connectivity index (χ0v) is 41.6. The van der Waals surface area contributed by atoms with Crippen molar-refractivity contribution in [2.75, 3.05) is 61.2 Å². The number of hydrogen-bond donors (Lipinski definition) is 2. The maximum Gasteiger partial charge on any atom is 0.119 e. The number of epoxide rings is 1. The molecule has 15 heteroatoms. The number of fused-ring (bicyclic) bond motifs is 2. The number of pyridine rings is 2. The van der Waals surface area contributed by atoms with Crippen molar-refractivity contribution < 1.29 is 141 Å². The van der Waals surface area contributed by atoms with Gasteiger partial charge in [0.05, 0.1) is 5.82 Å². The molecule has 0 radical (unpaired) electrons. The molecular weight excluding hydrogens is 1570 g/mol. The van der Waals surface area contributed by atoms with Gasteiger partial charge in [-0.25, -0.2) is 24.3 Å². The van der Waals surface area contributed by atoms with E-state index in [2.05, 4.69) is 61.6 Å². The summed E-state index contributed by atoms with van der Waals surface area (Å²) in [5.74, 6) is 0.980. The van der Waals surface area contributed by atoms with E-state index in [0.717, 1.165) is 68.6 Å². The molecule has 0 amide bonds. The van der Waals surface area contributed by atoms with Crippen molar-refractivity contribution in [3.8, 4) is 0 Å². The standard InChI is InChI=1S/C13H22N3OSi.C10H12N2O.C2H3O.2CH4.6W/c1-18(2,3)10-9-17-11-16-8-7-14-12-5-4-6-15-13(12)16;13-8-7-12-6-2-3-9-10(12)4-1-5-11-9;1-2-3-1;;;;;;;;/h5-6,14H,7-11H2,1-3H3;4-5,8,13H,2-3,6-7H2;1H,2H2;2*1H4;;;;;;/q-1;-2;-1;;;;;;;;. The van der Waals surface area contributed by atoms with E-state index in [-0.39, 0.29) is 141 Å². The number of nitrogens with zero attached hydrogens (tertiary/aromatic N) is 4. The Labute approximate surface area is 342 Å². The maximum absolute atomic E-state index is 8.75. The maximum atomic E-state index is 8.75. The number of aliphatic hydroxyl groups excluding tert-OH is 1. The molecule has 0 spiro atoms. The van der Waals surface area contributed by atoms with Crippen LogP contribution in [0.25, 0.3) is 0 Å². The summed E-state index contributed by atoms with van der Waals surface area (Å²) in [5, 5.41) is 12.1. The Morgan fingerprint density at radius 2 is 1.64 bits per heavy atom. The molecule has 3 aliphatic rings. The first-order valence-electron chi connectivity index (χ1n) is 11.9. The smallest absolute Gasteiger partial charge is 0.119 e. The minimum atomic E-state index is -0.992. The van der Waals surface area contributed by atoms with Gasteiger partial charge in [-0.15, -0.1) is 6.54 Å². The molecule has 5 rings (SSSR count). The van der Waals surface area contributed by atoms with E-state index in [0.29, 0.717) is 13.3 Å². The van der Waals surface area contributed by atoms with Crippen LogP contribution in [0.4, 0.5) is 17.2 Å². The molecule has 1 fully saturated rings. The zero-order chi connectivity index (χ0) is 24.2. The molecule has 8 nitrogen and oxygen atoms in total. The van der Waals surface area contributed by atoms with Gasteiger partial charge < -0.3 is 29.7 Å². The van der Waals surface area contributed by atoms with E-state index in [4.69, 9.17) is 9.84 Å². The molecule has 42 heavy (non-hydrogen) atoms. The Balaban J connectivity index is -0.000000122. The number of aromatic nitrogens is 2. The second-order valence-electron chi connectivity index (χ2n) is 9.48. The van der Waals surface area contributed by atoms with Gasteiger partial charge in [-0.2, -0.15) is 13.2 Å². The summed E-state index contributed by atoms with van der Waals surface area (Å²) in [6.45, 7) is 15.8. The Bertz CT molecular complexity index is 885. The van der Waals surface area contributed by atoms with Crippen LogP contribution in [0.1, 0.15) is 27.0 Å². The van der Waals surface area contributed by atoms with Gasteiger partial charge >= 0.3 is 0 Å². The minimum Gasteiger partial charge on any atom is -0.574 e. The molecule has 0 unspecified atom stereocenters. The Kier molecular flexibility index (Phi) is 42.2. The molecule has 3 aliphatic heterocycles. The first-order valence-corrected chi connectivity index (χ1v) is 15.6. The summed E-state index contributed by atoms with van der Waals surface area (Å²) in [6.07, 6.45) is 5.55. The van der Waals surface area contributed by atoms with Crippen molar-refractivity contribution in [3.63, 3.8) is 0 Å². The average Bonchev–Trinajstić information content (AvgIpc) is 3.72. The van der Waals surface area contributed by atoms with Crippen molar-refractivity contribution in [1.82, 2.24) is 9.97 Å². The van der Waals surface area contributed by atoms with Crippen LogP contribution in [0.2, 0.25) is 25.7 Å². The summed E-state index contributed by atoms with van der Waals surface area (Å²) in [4.78, 5) is 12.9. The molecule has 240 valence electrons. The molecule has 2 N–H and O–H groups in total. The van der Waals surface area contributed by atoms with Crippen molar-refractivity contribution in [1.29, 1.82) is 0 Å². The fourth-order valence-electron chi connectivity index (χ4n) is 3.54. The summed E-state index contributed by atoms with van der Waals surface area (Å²) < 4.78 is 10.2. The molecule has 2 aromatic rings. The molecular formula is C27H45N5O3SiW6-4. The molecule has 0 aromatic carbocycles. The Morgan fingerprint density at radius 1 is 1.02 bits per heavy atom. The molecule has 2 aromatic heterocycles. The molecule has 0 saturated carbocycles.